The van der Waals surface area contributed by atoms with Crippen LogP contribution in [0.2, 0.25) is 5.02 Å². The van der Waals surface area contributed by atoms with Crippen LogP contribution in [0.1, 0.15) is 5.56 Å². The largest absolute Gasteiger partial charge is 0.497 e. The molecule has 0 saturated carbocycles. The molecule has 96 valence electrons. The smallest absolute Gasteiger partial charge is 0.180 e. The van der Waals surface area contributed by atoms with Gasteiger partial charge in [-0.25, -0.2) is 9.67 Å². The third-order valence-electron chi connectivity index (χ3n) is 2.84. The molecule has 0 radical (unpaired) electrons. The molecule has 3 aromatic rings. The van der Waals surface area contributed by atoms with Crippen LogP contribution in [0.25, 0.3) is 11.2 Å². The Labute approximate surface area is 114 Å². The van der Waals surface area contributed by atoms with Crippen molar-refractivity contribution in [3.05, 3.63) is 47.1 Å². The first-order valence-electron chi connectivity index (χ1n) is 5.74. The molecule has 0 unspecified atom stereocenters. The zero-order chi connectivity index (χ0) is 13.2. The van der Waals surface area contributed by atoms with Crippen molar-refractivity contribution in [2.45, 2.75) is 6.54 Å². The molecular weight excluding hydrogens is 264 g/mol. The van der Waals surface area contributed by atoms with Crippen LogP contribution >= 0.6 is 11.6 Å². The van der Waals surface area contributed by atoms with E-state index in [1.807, 2.05) is 24.3 Å². The third kappa shape index (κ3) is 2.24. The second-order valence-electron chi connectivity index (χ2n) is 4.06. The van der Waals surface area contributed by atoms with E-state index in [-0.39, 0.29) is 0 Å². The zero-order valence-corrected chi connectivity index (χ0v) is 11.0. The van der Waals surface area contributed by atoms with E-state index in [9.17, 15) is 0 Å². The monoisotopic (exact) mass is 274 g/mol. The average Bonchev–Trinajstić information content (AvgIpc) is 2.84. The summed E-state index contributed by atoms with van der Waals surface area (Å²) in [6.45, 7) is 0.591. The lowest BCUT2D eigenvalue weighted by Gasteiger charge is -2.04. The Balaban J connectivity index is 1.94. The molecule has 2 aromatic heterocycles. The van der Waals surface area contributed by atoms with Gasteiger partial charge in [0.05, 0.1) is 18.7 Å². The minimum absolute atomic E-state index is 0.561. The van der Waals surface area contributed by atoms with Gasteiger partial charge in [0.2, 0.25) is 0 Å². The fraction of sp³-hybridized carbons (Fsp3) is 0.154. The highest BCUT2D eigenvalue weighted by Gasteiger charge is 2.09. The molecule has 0 fully saturated rings. The highest BCUT2D eigenvalue weighted by molar-refractivity contribution is 6.34. The predicted molar refractivity (Wildman–Crippen MR) is 72.4 cm³/mol. The minimum Gasteiger partial charge on any atom is -0.497 e. The van der Waals surface area contributed by atoms with E-state index in [1.54, 1.807) is 24.1 Å². The van der Waals surface area contributed by atoms with E-state index in [0.717, 1.165) is 11.3 Å². The average molecular weight is 275 g/mol. The van der Waals surface area contributed by atoms with Crippen molar-refractivity contribution in [2.24, 2.45) is 0 Å². The van der Waals surface area contributed by atoms with Crippen LogP contribution in [0.3, 0.4) is 0 Å². The van der Waals surface area contributed by atoms with E-state index in [1.165, 1.54) is 0 Å². The van der Waals surface area contributed by atoms with Gasteiger partial charge in [-0.15, -0.1) is 5.10 Å². The molecule has 3 rings (SSSR count). The van der Waals surface area contributed by atoms with Crippen LogP contribution in [0.5, 0.6) is 5.75 Å². The second kappa shape index (κ2) is 4.85. The Hall–Kier alpha value is -2.14. The molecule has 0 bridgehead atoms. The number of rotatable bonds is 3. The molecule has 5 nitrogen and oxygen atoms in total. The highest BCUT2D eigenvalue weighted by atomic mass is 35.5. The third-order valence-corrected chi connectivity index (χ3v) is 3.15. The molecule has 2 heterocycles. The lowest BCUT2D eigenvalue weighted by molar-refractivity contribution is 0.414. The molecule has 1 aromatic carbocycles. The van der Waals surface area contributed by atoms with Crippen molar-refractivity contribution < 1.29 is 4.74 Å². The second-order valence-corrected chi connectivity index (χ2v) is 4.47. The van der Waals surface area contributed by atoms with Gasteiger partial charge in [0, 0.05) is 6.20 Å². The summed E-state index contributed by atoms with van der Waals surface area (Å²) in [6.07, 6.45) is 1.65. The molecule has 0 aliphatic carbocycles. The van der Waals surface area contributed by atoms with Crippen LogP contribution < -0.4 is 4.74 Å². The van der Waals surface area contributed by atoms with Gasteiger partial charge < -0.3 is 4.74 Å². The summed E-state index contributed by atoms with van der Waals surface area (Å²) >= 11 is 6.04. The van der Waals surface area contributed by atoms with Gasteiger partial charge in [0.1, 0.15) is 5.75 Å². The van der Waals surface area contributed by atoms with Gasteiger partial charge in [0.25, 0.3) is 0 Å². The van der Waals surface area contributed by atoms with E-state index in [4.69, 9.17) is 16.3 Å². The summed E-state index contributed by atoms with van der Waals surface area (Å²) < 4.78 is 6.85. The normalized spacial score (nSPS) is 10.8. The number of pyridine rings is 1. The lowest BCUT2D eigenvalue weighted by atomic mass is 10.2. The van der Waals surface area contributed by atoms with Crippen molar-refractivity contribution in [1.82, 2.24) is 20.0 Å². The van der Waals surface area contributed by atoms with E-state index in [2.05, 4.69) is 15.3 Å². The number of halogens is 1. The molecule has 0 atom stereocenters. The van der Waals surface area contributed by atoms with Gasteiger partial charge in [-0.1, -0.05) is 28.9 Å². The summed E-state index contributed by atoms with van der Waals surface area (Å²) in [5, 5.41) is 8.69. The lowest BCUT2D eigenvalue weighted by Crippen LogP contribution is -2.02. The summed E-state index contributed by atoms with van der Waals surface area (Å²) in [7, 11) is 1.64. The topological polar surface area (TPSA) is 52.8 Å². The Morgan fingerprint density at radius 3 is 2.74 bits per heavy atom. The summed E-state index contributed by atoms with van der Waals surface area (Å²) in [4.78, 5) is 4.26. The summed E-state index contributed by atoms with van der Waals surface area (Å²) in [5.41, 5.74) is 2.40. The predicted octanol–water partition coefficient (Wildman–Crippen LogP) is 2.54. The van der Waals surface area contributed by atoms with Gasteiger partial charge in [-0.05, 0) is 23.8 Å². The number of hydrogen-bond acceptors (Lipinski definition) is 4. The molecule has 0 aliphatic rings. The maximum Gasteiger partial charge on any atom is 0.180 e. The number of methoxy groups -OCH3 is 1. The number of ether oxygens (including phenoxy) is 1. The highest BCUT2D eigenvalue weighted by Crippen LogP contribution is 2.19. The molecule has 0 aliphatic heterocycles. The SMILES string of the molecule is COc1ccc(Cn2nnc3c(Cl)ccnc32)cc1. The fourth-order valence-corrected chi connectivity index (χ4v) is 2.03. The van der Waals surface area contributed by atoms with Crippen molar-refractivity contribution in [1.29, 1.82) is 0 Å². The van der Waals surface area contributed by atoms with Gasteiger partial charge >= 0.3 is 0 Å². The van der Waals surface area contributed by atoms with Gasteiger partial charge in [-0.3, -0.25) is 0 Å². The molecule has 0 spiro atoms. The van der Waals surface area contributed by atoms with Crippen molar-refractivity contribution in [3.8, 4) is 5.75 Å². The summed E-state index contributed by atoms with van der Waals surface area (Å²) in [5.74, 6) is 0.827. The van der Waals surface area contributed by atoms with Crippen LogP contribution in [-0.2, 0) is 6.54 Å². The van der Waals surface area contributed by atoms with E-state index >= 15 is 0 Å². The first-order chi connectivity index (χ1) is 9.28. The number of benzene rings is 1. The zero-order valence-electron chi connectivity index (χ0n) is 10.2. The van der Waals surface area contributed by atoms with Crippen LogP contribution in [0.15, 0.2) is 36.5 Å². The Kier molecular flexibility index (Phi) is 3.05. The molecule has 0 saturated heterocycles. The standard InChI is InChI=1S/C13H11ClN4O/c1-19-10-4-2-9(3-5-10)8-18-13-12(16-17-18)11(14)6-7-15-13/h2-7H,8H2,1H3. The maximum absolute atomic E-state index is 6.04. The Morgan fingerprint density at radius 1 is 1.21 bits per heavy atom. The first kappa shape index (κ1) is 11.9. The molecular formula is C13H11ClN4O. The van der Waals surface area contributed by atoms with Crippen molar-refractivity contribution >= 4 is 22.8 Å². The minimum atomic E-state index is 0.561. The van der Waals surface area contributed by atoms with Crippen LogP contribution in [0, 0.1) is 0 Å². The van der Waals surface area contributed by atoms with Crippen LogP contribution in [0.4, 0.5) is 0 Å². The molecule has 0 amide bonds. The number of fused-ring (bicyclic) bond motifs is 1. The fourth-order valence-electron chi connectivity index (χ4n) is 1.85. The maximum atomic E-state index is 6.04. The van der Waals surface area contributed by atoms with E-state index in [0.29, 0.717) is 22.7 Å². The first-order valence-corrected chi connectivity index (χ1v) is 6.12. The summed E-state index contributed by atoms with van der Waals surface area (Å²) in [6, 6.07) is 9.49. The van der Waals surface area contributed by atoms with E-state index < -0.39 is 0 Å². The number of hydrogen-bond donors (Lipinski definition) is 0. The Morgan fingerprint density at radius 2 is 2.00 bits per heavy atom. The van der Waals surface area contributed by atoms with Gasteiger partial charge in [0.15, 0.2) is 11.2 Å². The molecule has 6 heteroatoms. The van der Waals surface area contributed by atoms with Crippen molar-refractivity contribution in [3.63, 3.8) is 0 Å². The quantitative estimate of drug-likeness (QED) is 0.736. The molecule has 0 N–H and O–H groups in total. The van der Waals surface area contributed by atoms with Crippen molar-refractivity contribution in [2.75, 3.05) is 7.11 Å². The van der Waals surface area contributed by atoms with Crippen LogP contribution in [-0.4, -0.2) is 27.1 Å². The number of aromatic nitrogens is 4. The Bertz CT molecular complexity index is 708. The number of nitrogens with zero attached hydrogens (tertiary/aromatic N) is 4. The van der Waals surface area contributed by atoms with Gasteiger partial charge in [-0.2, -0.15) is 0 Å². The molecule has 19 heavy (non-hydrogen) atoms.